The molecule has 27 heavy (non-hydrogen) atoms. The lowest BCUT2D eigenvalue weighted by molar-refractivity contribution is 0.0951. The Morgan fingerprint density at radius 1 is 1.15 bits per heavy atom. The summed E-state index contributed by atoms with van der Waals surface area (Å²) >= 11 is 0. The highest BCUT2D eigenvalue weighted by molar-refractivity contribution is 6.02. The van der Waals surface area contributed by atoms with Crippen molar-refractivity contribution in [3.8, 4) is 5.75 Å². The predicted molar refractivity (Wildman–Crippen MR) is 104 cm³/mol. The van der Waals surface area contributed by atoms with Crippen molar-refractivity contribution >= 4 is 11.8 Å². The van der Waals surface area contributed by atoms with Crippen molar-refractivity contribution in [1.82, 2.24) is 15.5 Å². The lowest BCUT2D eigenvalue weighted by atomic mass is 9.90. The average Bonchev–Trinajstić information content (AvgIpc) is 3.11. The van der Waals surface area contributed by atoms with Crippen LogP contribution in [0.1, 0.15) is 37.8 Å². The summed E-state index contributed by atoms with van der Waals surface area (Å²) in [5.74, 6) is 0.110. The molecular weight excluding hydrogens is 342 g/mol. The van der Waals surface area contributed by atoms with Crippen LogP contribution in [-0.2, 0) is 0 Å². The van der Waals surface area contributed by atoms with Crippen molar-refractivity contribution in [2.45, 2.75) is 5.92 Å². The first-order chi connectivity index (χ1) is 13.0. The summed E-state index contributed by atoms with van der Waals surface area (Å²) < 4.78 is 5.87. The molecule has 1 aliphatic rings. The second-order valence-electron chi connectivity index (χ2n) is 6.85. The van der Waals surface area contributed by atoms with E-state index in [4.69, 9.17) is 4.74 Å². The van der Waals surface area contributed by atoms with Gasteiger partial charge in [0.05, 0.1) is 12.2 Å². The van der Waals surface area contributed by atoms with E-state index in [-0.39, 0.29) is 17.7 Å². The quantitative estimate of drug-likeness (QED) is 0.818. The van der Waals surface area contributed by atoms with E-state index < -0.39 is 0 Å². The van der Waals surface area contributed by atoms with Gasteiger partial charge < -0.3 is 20.3 Å². The minimum atomic E-state index is -0.261. The molecule has 0 saturated heterocycles. The fourth-order valence-electron chi connectivity index (χ4n) is 3.22. The molecule has 0 aromatic heterocycles. The number of fused-ring (bicyclic) bond motifs is 1. The molecule has 6 nitrogen and oxygen atoms in total. The van der Waals surface area contributed by atoms with Crippen LogP contribution in [0.3, 0.4) is 0 Å². The minimum absolute atomic E-state index is 0.000804. The van der Waals surface area contributed by atoms with Crippen molar-refractivity contribution in [1.29, 1.82) is 0 Å². The van der Waals surface area contributed by atoms with Gasteiger partial charge in [0, 0.05) is 37.2 Å². The van der Waals surface area contributed by atoms with Crippen LogP contribution in [0, 0.1) is 0 Å². The topological polar surface area (TPSA) is 70.7 Å². The van der Waals surface area contributed by atoms with Gasteiger partial charge in [-0.25, -0.2) is 0 Å². The SMILES string of the molecule is CNC(=O)c1cc(C(=O)NCCN(C)C)cc2c1OCC2c1ccccc1. The van der Waals surface area contributed by atoms with Gasteiger partial charge >= 0.3 is 0 Å². The first-order valence-electron chi connectivity index (χ1n) is 9.02. The van der Waals surface area contributed by atoms with Gasteiger partial charge in [-0.1, -0.05) is 30.3 Å². The highest BCUT2D eigenvalue weighted by atomic mass is 16.5. The van der Waals surface area contributed by atoms with E-state index in [0.29, 0.717) is 30.0 Å². The maximum Gasteiger partial charge on any atom is 0.254 e. The molecule has 0 radical (unpaired) electrons. The van der Waals surface area contributed by atoms with Gasteiger partial charge in [0.1, 0.15) is 5.75 Å². The minimum Gasteiger partial charge on any atom is -0.491 e. The molecule has 0 spiro atoms. The van der Waals surface area contributed by atoms with Crippen molar-refractivity contribution < 1.29 is 14.3 Å². The molecule has 2 amide bonds. The number of rotatable bonds is 6. The van der Waals surface area contributed by atoms with Crippen LogP contribution in [-0.4, -0.2) is 57.6 Å². The Kier molecular flexibility index (Phi) is 5.76. The molecule has 1 unspecified atom stereocenters. The number of amides is 2. The number of hydrogen-bond acceptors (Lipinski definition) is 4. The van der Waals surface area contributed by atoms with Gasteiger partial charge in [0.15, 0.2) is 0 Å². The Hall–Kier alpha value is -2.86. The second-order valence-corrected chi connectivity index (χ2v) is 6.85. The van der Waals surface area contributed by atoms with Crippen LogP contribution < -0.4 is 15.4 Å². The highest BCUT2D eigenvalue weighted by Gasteiger charge is 2.31. The van der Waals surface area contributed by atoms with E-state index >= 15 is 0 Å². The standard InChI is InChI=1S/C21H25N3O3/c1-22-21(26)17-12-15(20(25)23-9-10-24(2)3)11-16-18(13-27-19(16)17)14-7-5-4-6-8-14/h4-8,11-12,18H,9-10,13H2,1-3H3,(H,22,26)(H,23,25). The molecular formula is C21H25N3O3. The molecule has 6 heteroatoms. The zero-order chi connectivity index (χ0) is 19.4. The number of benzene rings is 2. The van der Waals surface area contributed by atoms with Gasteiger partial charge in [-0.2, -0.15) is 0 Å². The third-order valence-electron chi connectivity index (χ3n) is 4.67. The number of ether oxygens (including phenoxy) is 1. The third-order valence-corrected chi connectivity index (χ3v) is 4.67. The monoisotopic (exact) mass is 367 g/mol. The lowest BCUT2D eigenvalue weighted by Crippen LogP contribution is -2.31. The van der Waals surface area contributed by atoms with Crippen LogP contribution in [0.5, 0.6) is 5.75 Å². The fraction of sp³-hybridized carbons (Fsp3) is 0.333. The molecule has 3 rings (SSSR count). The summed E-state index contributed by atoms with van der Waals surface area (Å²) in [5, 5.41) is 5.54. The molecule has 1 aliphatic heterocycles. The number of nitrogens with zero attached hydrogens (tertiary/aromatic N) is 1. The highest BCUT2D eigenvalue weighted by Crippen LogP contribution is 2.41. The molecule has 1 heterocycles. The summed E-state index contributed by atoms with van der Waals surface area (Å²) in [6.07, 6.45) is 0. The summed E-state index contributed by atoms with van der Waals surface area (Å²) in [6, 6.07) is 13.4. The van der Waals surface area contributed by atoms with Crippen LogP contribution >= 0.6 is 0 Å². The normalized spacial score (nSPS) is 15.2. The van der Waals surface area contributed by atoms with Crippen molar-refractivity contribution in [3.63, 3.8) is 0 Å². The molecule has 142 valence electrons. The zero-order valence-electron chi connectivity index (χ0n) is 15.9. The summed E-state index contributed by atoms with van der Waals surface area (Å²) in [7, 11) is 5.47. The number of carbonyl (C=O) groups excluding carboxylic acids is 2. The van der Waals surface area contributed by atoms with Gasteiger partial charge in [-0.3, -0.25) is 9.59 Å². The number of hydrogen-bond donors (Lipinski definition) is 2. The number of nitrogens with one attached hydrogen (secondary N) is 2. The van der Waals surface area contributed by atoms with E-state index in [0.717, 1.165) is 17.7 Å². The van der Waals surface area contributed by atoms with E-state index in [1.807, 2.05) is 55.4 Å². The van der Waals surface area contributed by atoms with E-state index in [9.17, 15) is 9.59 Å². The van der Waals surface area contributed by atoms with Crippen molar-refractivity contribution in [3.05, 3.63) is 64.7 Å². The lowest BCUT2D eigenvalue weighted by Gasteiger charge is -2.14. The van der Waals surface area contributed by atoms with E-state index in [2.05, 4.69) is 10.6 Å². The molecule has 0 bridgehead atoms. The molecule has 2 N–H and O–H groups in total. The van der Waals surface area contributed by atoms with Gasteiger partial charge in [0.2, 0.25) is 0 Å². The Balaban J connectivity index is 1.97. The van der Waals surface area contributed by atoms with Crippen molar-refractivity contribution in [2.24, 2.45) is 0 Å². The smallest absolute Gasteiger partial charge is 0.254 e. The molecule has 0 saturated carbocycles. The first-order valence-corrected chi connectivity index (χ1v) is 9.02. The Bertz CT molecular complexity index is 834. The number of likely N-dealkylation sites (N-methyl/N-ethyl adjacent to an activating group) is 1. The third kappa shape index (κ3) is 4.11. The maximum absolute atomic E-state index is 12.6. The predicted octanol–water partition coefficient (Wildman–Crippen LogP) is 1.86. The van der Waals surface area contributed by atoms with E-state index in [1.54, 1.807) is 13.1 Å². The number of carbonyl (C=O) groups is 2. The Morgan fingerprint density at radius 2 is 1.89 bits per heavy atom. The molecule has 0 aliphatic carbocycles. The van der Waals surface area contributed by atoms with Crippen LogP contribution in [0.4, 0.5) is 0 Å². The van der Waals surface area contributed by atoms with Crippen LogP contribution in [0.15, 0.2) is 42.5 Å². The Labute approximate surface area is 159 Å². The van der Waals surface area contributed by atoms with Gasteiger partial charge in [0.25, 0.3) is 11.8 Å². The maximum atomic E-state index is 12.6. The Morgan fingerprint density at radius 3 is 2.56 bits per heavy atom. The van der Waals surface area contributed by atoms with Crippen LogP contribution in [0.2, 0.25) is 0 Å². The summed E-state index contributed by atoms with van der Waals surface area (Å²) in [5.41, 5.74) is 2.84. The van der Waals surface area contributed by atoms with Crippen LogP contribution in [0.25, 0.3) is 0 Å². The average molecular weight is 367 g/mol. The summed E-state index contributed by atoms with van der Waals surface area (Å²) in [6.45, 7) is 1.74. The second kappa shape index (κ2) is 8.22. The molecule has 2 aromatic carbocycles. The zero-order valence-corrected chi connectivity index (χ0v) is 15.9. The molecule has 2 aromatic rings. The van der Waals surface area contributed by atoms with Gasteiger partial charge in [-0.15, -0.1) is 0 Å². The largest absolute Gasteiger partial charge is 0.491 e. The molecule has 1 atom stereocenters. The summed E-state index contributed by atoms with van der Waals surface area (Å²) in [4.78, 5) is 27.0. The molecule has 0 fully saturated rings. The fourth-order valence-corrected chi connectivity index (χ4v) is 3.22. The first kappa shape index (κ1) is 18.9. The van der Waals surface area contributed by atoms with E-state index in [1.165, 1.54) is 0 Å². The van der Waals surface area contributed by atoms with Gasteiger partial charge in [-0.05, 0) is 31.8 Å². The van der Waals surface area contributed by atoms with Crippen molar-refractivity contribution in [2.75, 3.05) is 40.8 Å².